The van der Waals surface area contributed by atoms with Gasteiger partial charge in [-0.05, 0) is 26.0 Å². The van der Waals surface area contributed by atoms with Crippen molar-refractivity contribution in [2.45, 2.75) is 43.7 Å². The lowest BCUT2D eigenvalue weighted by Gasteiger charge is -2.22. The molecule has 1 saturated heterocycles. The van der Waals surface area contributed by atoms with Crippen LogP contribution in [0.3, 0.4) is 0 Å². The topological polar surface area (TPSA) is 99.6 Å². The highest BCUT2D eigenvalue weighted by Crippen LogP contribution is 2.30. The summed E-state index contributed by atoms with van der Waals surface area (Å²) in [6.45, 7) is 4.61. The summed E-state index contributed by atoms with van der Waals surface area (Å²) in [7, 11) is 1.51. The Morgan fingerprint density at radius 1 is 1.23 bits per heavy atom. The third kappa shape index (κ3) is 4.59. The minimum atomic E-state index is -3.72. The maximum absolute atomic E-state index is 12.8. The highest BCUT2D eigenvalue weighted by atomic mass is 32.2. The van der Waals surface area contributed by atoms with Crippen LogP contribution in [0.25, 0.3) is 0 Å². The van der Waals surface area contributed by atoms with Gasteiger partial charge in [0.1, 0.15) is 16.5 Å². The third-order valence-electron chi connectivity index (χ3n) is 5.14. The summed E-state index contributed by atoms with van der Waals surface area (Å²) in [6, 6.07) is 5.10. The van der Waals surface area contributed by atoms with Crippen LogP contribution in [0.1, 0.15) is 37.7 Å². The molecule has 1 fully saturated rings. The number of rotatable bonds is 7. The Bertz CT molecular complexity index is 1010. The first-order valence-electron chi connectivity index (χ1n) is 9.80. The monoisotopic (exact) mass is 432 g/mol. The molecule has 0 aromatic carbocycles. The molecule has 30 heavy (non-hydrogen) atoms. The lowest BCUT2D eigenvalue weighted by Crippen LogP contribution is -2.32. The van der Waals surface area contributed by atoms with Crippen LogP contribution < -0.4 is 4.90 Å². The van der Waals surface area contributed by atoms with Gasteiger partial charge in [0.15, 0.2) is 0 Å². The van der Waals surface area contributed by atoms with E-state index in [0.29, 0.717) is 24.6 Å². The van der Waals surface area contributed by atoms with Crippen LogP contribution >= 0.6 is 0 Å². The lowest BCUT2D eigenvalue weighted by molar-refractivity contribution is -0.129. The minimum absolute atomic E-state index is 0.0144. The molecule has 2 aromatic heterocycles. The van der Waals surface area contributed by atoms with Crippen molar-refractivity contribution in [3.8, 4) is 0 Å². The molecule has 0 N–H and O–H groups in total. The number of aromatic nitrogens is 3. The van der Waals surface area contributed by atoms with Gasteiger partial charge in [-0.3, -0.25) is 9.78 Å². The van der Waals surface area contributed by atoms with Gasteiger partial charge in [0.25, 0.3) is 0 Å². The largest absolute Gasteiger partial charge is 0.363 e. The molecular formula is C20H28N6O3S. The van der Waals surface area contributed by atoms with Gasteiger partial charge >= 0.3 is 0 Å². The molecule has 3 rings (SSSR count). The van der Waals surface area contributed by atoms with Gasteiger partial charge in [0.05, 0.1) is 12.2 Å². The van der Waals surface area contributed by atoms with Gasteiger partial charge in [-0.15, -0.1) is 0 Å². The number of anilines is 1. The van der Waals surface area contributed by atoms with E-state index >= 15 is 0 Å². The van der Waals surface area contributed by atoms with Crippen LogP contribution in [0.15, 0.2) is 35.5 Å². The van der Waals surface area contributed by atoms with Crippen LogP contribution in [-0.4, -0.2) is 72.2 Å². The molecule has 3 heterocycles. The molecule has 1 amide bonds. The van der Waals surface area contributed by atoms with E-state index in [1.54, 1.807) is 6.07 Å². The predicted octanol–water partition coefficient (Wildman–Crippen LogP) is 1.48. The minimum Gasteiger partial charge on any atom is -0.363 e. The van der Waals surface area contributed by atoms with Crippen molar-refractivity contribution in [3.63, 3.8) is 0 Å². The van der Waals surface area contributed by atoms with E-state index in [2.05, 4.69) is 15.0 Å². The number of nitrogens with zero attached hydrogens (tertiary/aromatic N) is 6. The van der Waals surface area contributed by atoms with Crippen molar-refractivity contribution >= 4 is 21.7 Å². The van der Waals surface area contributed by atoms with Crippen LogP contribution in [0.4, 0.5) is 5.82 Å². The molecule has 2 aromatic rings. The molecule has 1 aliphatic rings. The molecule has 0 bridgehead atoms. The Morgan fingerprint density at radius 3 is 2.53 bits per heavy atom. The van der Waals surface area contributed by atoms with Crippen molar-refractivity contribution in [1.82, 2.24) is 24.2 Å². The number of carbonyl (C=O) groups is 1. The second-order valence-corrected chi connectivity index (χ2v) is 10.00. The zero-order chi connectivity index (χ0) is 22.1. The van der Waals surface area contributed by atoms with E-state index in [-0.39, 0.29) is 29.3 Å². The number of sulfonamides is 1. The number of likely N-dealkylation sites (tertiary alicyclic amines) is 1. The van der Waals surface area contributed by atoms with Crippen molar-refractivity contribution in [1.29, 1.82) is 0 Å². The van der Waals surface area contributed by atoms with Gasteiger partial charge in [0, 0.05) is 64.5 Å². The van der Waals surface area contributed by atoms with Gasteiger partial charge in [-0.25, -0.2) is 18.4 Å². The van der Waals surface area contributed by atoms with E-state index in [1.165, 1.54) is 29.8 Å². The molecule has 1 atom stereocenters. The zero-order valence-electron chi connectivity index (χ0n) is 18.0. The molecule has 1 aliphatic heterocycles. The van der Waals surface area contributed by atoms with Gasteiger partial charge in [-0.1, -0.05) is 0 Å². The Morgan fingerprint density at radius 2 is 1.97 bits per heavy atom. The van der Waals surface area contributed by atoms with Crippen molar-refractivity contribution < 1.29 is 13.2 Å². The average Bonchev–Trinajstić information content (AvgIpc) is 3.10. The highest BCUT2D eigenvalue weighted by Gasteiger charge is 2.33. The molecule has 9 nitrogen and oxygen atoms in total. The highest BCUT2D eigenvalue weighted by molar-refractivity contribution is 7.89. The second kappa shape index (κ2) is 8.65. The first-order chi connectivity index (χ1) is 14.1. The maximum atomic E-state index is 12.8. The number of hydrogen-bond acceptors (Lipinski definition) is 7. The summed E-state index contributed by atoms with van der Waals surface area (Å²) in [4.78, 5) is 29.2. The molecule has 1 unspecified atom stereocenters. The van der Waals surface area contributed by atoms with Gasteiger partial charge in [0.2, 0.25) is 15.9 Å². The molecule has 10 heteroatoms. The normalized spacial score (nSPS) is 17.2. The van der Waals surface area contributed by atoms with E-state index in [9.17, 15) is 13.2 Å². The first kappa shape index (κ1) is 22.1. The fraction of sp³-hybridized carbons (Fsp3) is 0.500. The van der Waals surface area contributed by atoms with Crippen LogP contribution in [0, 0.1) is 0 Å². The number of carbonyl (C=O) groups excluding carboxylic acids is 1. The smallest absolute Gasteiger partial charge is 0.244 e. The summed E-state index contributed by atoms with van der Waals surface area (Å²) in [5.74, 6) is 1.14. The van der Waals surface area contributed by atoms with E-state index < -0.39 is 10.0 Å². The standard InChI is InChI=1S/C20H28N6O3S/c1-14(2)26-12-15(9-20(26)27)17-10-19(24(3)4)23-18(22-17)13-25(5)30(28,29)16-7-6-8-21-11-16/h6-8,10-11,14-15H,9,12-13H2,1-5H3. The predicted molar refractivity (Wildman–Crippen MR) is 113 cm³/mol. The molecule has 0 aliphatic carbocycles. The number of pyridine rings is 1. The van der Waals surface area contributed by atoms with E-state index in [1.807, 2.05) is 43.8 Å². The zero-order valence-corrected chi connectivity index (χ0v) is 18.8. The van der Waals surface area contributed by atoms with Crippen LogP contribution in [-0.2, 0) is 21.4 Å². The summed E-state index contributed by atoms with van der Waals surface area (Å²) in [6.07, 6.45) is 3.24. The van der Waals surface area contributed by atoms with Gasteiger partial charge < -0.3 is 9.80 Å². The molecule has 162 valence electrons. The SMILES string of the molecule is CC(C)N1CC(c2cc(N(C)C)nc(CN(C)S(=O)(=O)c3cccnc3)n2)CC1=O. The Labute approximate surface area is 177 Å². The lowest BCUT2D eigenvalue weighted by atomic mass is 10.0. The fourth-order valence-corrected chi connectivity index (χ4v) is 4.49. The van der Waals surface area contributed by atoms with Crippen LogP contribution in [0.5, 0.6) is 0 Å². The van der Waals surface area contributed by atoms with Crippen molar-refractivity contribution in [3.05, 3.63) is 42.1 Å². The average molecular weight is 433 g/mol. The Hall–Kier alpha value is -2.59. The van der Waals surface area contributed by atoms with Crippen molar-refractivity contribution in [2.75, 3.05) is 32.6 Å². The Balaban J connectivity index is 1.89. The van der Waals surface area contributed by atoms with Gasteiger partial charge in [-0.2, -0.15) is 4.31 Å². The van der Waals surface area contributed by atoms with Crippen molar-refractivity contribution in [2.24, 2.45) is 0 Å². The first-order valence-corrected chi connectivity index (χ1v) is 11.2. The fourth-order valence-electron chi connectivity index (χ4n) is 3.40. The number of hydrogen-bond donors (Lipinski definition) is 0. The second-order valence-electron chi connectivity index (χ2n) is 7.95. The summed E-state index contributed by atoms with van der Waals surface area (Å²) in [5, 5.41) is 0. The van der Waals surface area contributed by atoms with E-state index in [4.69, 9.17) is 0 Å². The maximum Gasteiger partial charge on any atom is 0.244 e. The molecule has 0 saturated carbocycles. The van der Waals surface area contributed by atoms with E-state index in [0.717, 1.165) is 5.69 Å². The summed E-state index contributed by atoms with van der Waals surface area (Å²) < 4.78 is 26.9. The van der Waals surface area contributed by atoms with Crippen LogP contribution in [0.2, 0.25) is 0 Å². The Kier molecular flexibility index (Phi) is 6.37. The summed E-state index contributed by atoms with van der Waals surface area (Å²) >= 11 is 0. The quantitative estimate of drug-likeness (QED) is 0.653. The third-order valence-corrected chi connectivity index (χ3v) is 6.93. The summed E-state index contributed by atoms with van der Waals surface area (Å²) in [5.41, 5.74) is 0.757. The molecule has 0 radical (unpaired) electrons. The molecular weight excluding hydrogens is 404 g/mol. The molecule has 0 spiro atoms. The number of amides is 1.